The largest absolute Gasteiger partial charge is 0.396 e. The van der Waals surface area contributed by atoms with Crippen LogP contribution in [0.2, 0.25) is 0 Å². The quantitative estimate of drug-likeness (QED) is 0.841. The fraction of sp³-hybridized carbons (Fsp3) is 0.611. The third kappa shape index (κ3) is 4.31. The van der Waals surface area contributed by atoms with Gasteiger partial charge in [0, 0.05) is 38.2 Å². The topological polar surface area (TPSA) is 43.8 Å². The zero-order valence-electron chi connectivity index (χ0n) is 13.7. The summed E-state index contributed by atoms with van der Waals surface area (Å²) >= 11 is 0. The van der Waals surface area contributed by atoms with Crippen molar-refractivity contribution in [3.63, 3.8) is 0 Å². The van der Waals surface area contributed by atoms with Crippen molar-refractivity contribution in [2.75, 3.05) is 26.7 Å². The number of amides is 1. The Morgan fingerprint density at radius 1 is 1.41 bits per heavy atom. The molecule has 1 aliphatic heterocycles. The zero-order valence-corrected chi connectivity index (χ0v) is 13.7. The van der Waals surface area contributed by atoms with Gasteiger partial charge in [-0.15, -0.1) is 0 Å². The Hall–Kier alpha value is -1.39. The fourth-order valence-corrected chi connectivity index (χ4v) is 3.31. The summed E-state index contributed by atoms with van der Waals surface area (Å²) in [6.45, 7) is 3.91. The molecule has 1 N–H and O–H groups in total. The van der Waals surface area contributed by atoms with E-state index in [-0.39, 0.29) is 18.6 Å². The molecule has 0 spiro atoms. The third-order valence-corrected chi connectivity index (χ3v) is 4.67. The normalized spacial score (nSPS) is 19.6. The van der Waals surface area contributed by atoms with Gasteiger partial charge in [0.05, 0.1) is 0 Å². The highest BCUT2D eigenvalue weighted by atomic mass is 16.3. The van der Waals surface area contributed by atoms with Crippen LogP contribution in [0.25, 0.3) is 0 Å². The number of aliphatic hydroxyl groups excluding tert-OH is 1. The molecule has 0 saturated carbocycles. The van der Waals surface area contributed by atoms with E-state index in [9.17, 15) is 9.90 Å². The third-order valence-electron chi connectivity index (χ3n) is 4.67. The van der Waals surface area contributed by atoms with Gasteiger partial charge < -0.3 is 10.0 Å². The lowest BCUT2D eigenvalue weighted by Crippen LogP contribution is -2.36. The van der Waals surface area contributed by atoms with Crippen LogP contribution in [0.5, 0.6) is 0 Å². The van der Waals surface area contributed by atoms with E-state index in [4.69, 9.17) is 0 Å². The minimum atomic E-state index is 0.154. The Morgan fingerprint density at radius 2 is 2.14 bits per heavy atom. The van der Waals surface area contributed by atoms with Crippen molar-refractivity contribution in [2.24, 2.45) is 0 Å². The van der Waals surface area contributed by atoms with Gasteiger partial charge in [0.25, 0.3) is 0 Å². The van der Waals surface area contributed by atoms with Gasteiger partial charge in [0.1, 0.15) is 0 Å². The fourth-order valence-electron chi connectivity index (χ4n) is 3.31. The van der Waals surface area contributed by atoms with Gasteiger partial charge in [-0.25, -0.2) is 0 Å². The first-order chi connectivity index (χ1) is 10.6. The van der Waals surface area contributed by atoms with Crippen LogP contribution in [0.1, 0.15) is 44.2 Å². The van der Waals surface area contributed by atoms with E-state index >= 15 is 0 Å². The van der Waals surface area contributed by atoms with Gasteiger partial charge in [0.2, 0.25) is 5.91 Å². The highest BCUT2D eigenvalue weighted by Gasteiger charge is 2.25. The lowest BCUT2D eigenvalue weighted by Gasteiger charge is -2.29. The summed E-state index contributed by atoms with van der Waals surface area (Å²) in [7, 11) is 2.04. The minimum absolute atomic E-state index is 0.154. The molecule has 2 rings (SSSR count). The number of carbonyl (C=O) groups is 1. The van der Waals surface area contributed by atoms with Gasteiger partial charge in [-0.05, 0) is 38.8 Å². The second-order valence-corrected chi connectivity index (χ2v) is 6.25. The van der Waals surface area contributed by atoms with E-state index < -0.39 is 0 Å². The maximum atomic E-state index is 12.3. The van der Waals surface area contributed by atoms with Gasteiger partial charge in [-0.2, -0.15) is 0 Å². The van der Waals surface area contributed by atoms with E-state index in [1.54, 1.807) is 0 Å². The lowest BCUT2D eigenvalue weighted by atomic mass is 10.0. The van der Waals surface area contributed by atoms with Crippen LogP contribution in [0.4, 0.5) is 0 Å². The van der Waals surface area contributed by atoms with Gasteiger partial charge >= 0.3 is 0 Å². The Kier molecular flexibility index (Phi) is 6.40. The summed E-state index contributed by atoms with van der Waals surface area (Å²) in [6.07, 6.45) is 3.49. The maximum Gasteiger partial charge on any atom is 0.224 e. The molecule has 4 nitrogen and oxygen atoms in total. The van der Waals surface area contributed by atoms with Gasteiger partial charge in [-0.3, -0.25) is 9.69 Å². The average molecular weight is 304 g/mol. The molecule has 0 aliphatic carbocycles. The summed E-state index contributed by atoms with van der Waals surface area (Å²) < 4.78 is 0. The molecule has 0 radical (unpaired) electrons. The molecule has 1 heterocycles. The Morgan fingerprint density at radius 3 is 2.73 bits per heavy atom. The summed E-state index contributed by atoms with van der Waals surface area (Å²) in [4.78, 5) is 16.5. The van der Waals surface area contributed by atoms with E-state index in [1.807, 2.05) is 30.1 Å². The highest BCUT2D eigenvalue weighted by molar-refractivity contribution is 5.77. The maximum absolute atomic E-state index is 12.3. The molecular formula is C18H28N2O2. The monoisotopic (exact) mass is 304 g/mol. The van der Waals surface area contributed by atoms with Crippen LogP contribution in [0.3, 0.4) is 0 Å². The van der Waals surface area contributed by atoms with Crippen LogP contribution in [0.15, 0.2) is 30.3 Å². The van der Waals surface area contributed by atoms with Crippen LogP contribution < -0.4 is 0 Å². The number of rotatable bonds is 7. The van der Waals surface area contributed by atoms with E-state index in [0.717, 1.165) is 25.9 Å². The summed E-state index contributed by atoms with van der Waals surface area (Å²) in [5.41, 5.74) is 1.20. The van der Waals surface area contributed by atoms with Crippen LogP contribution >= 0.6 is 0 Å². The van der Waals surface area contributed by atoms with Crippen molar-refractivity contribution >= 4 is 5.91 Å². The van der Waals surface area contributed by atoms with Crippen LogP contribution in [-0.4, -0.2) is 53.6 Å². The number of aliphatic hydroxyl groups is 1. The van der Waals surface area contributed by atoms with Gasteiger partial charge in [-0.1, -0.05) is 30.3 Å². The SMILES string of the molecule is CC1CCCN1C(=O)CCN(C)C(CCO)c1ccccc1. The highest BCUT2D eigenvalue weighted by Crippen LogP contribution is 2.23. The summed E-state index contributed by atoms with van der Waals surface area (Å²) in [5.74, 6) is 0.257. The Balaban J connectivity index is 1.91. The van der Waals surface area contributed by atoms with Crippen molar-refractivity contribution < 1.29 is 9.90 Å². The predicted molar refractivity (Wildman–Crippen MR) is 88.5 cm³/mol. The number of benzene rings is 1. The molecule has 1 aliphatic rings. The second-order valence-electron chi connectivity index (χ2n) is 6.25. The number of likely N-dealkylation sites (tertiary alicyclic amines) is 1. The number of hydrogen-bond acceptors (Lipinski definition) is 3. The molecule has 2 atom stereocenters. The van der Waals surface area contributed by atoms with E-state index in [1.165, 1.54) is 5.56 Å². The van der Waals surface area contributed by atoms with Crippen LogP contribution in [0, 0.1) is 0 Å². The van der Waals surface area contributed by atoms with Crippen molar-refractivity contribution in [3.8, 4) is 0 Å². The molecule has 1 fully saturated rings. The molecule has 122 valence electrons. The molecular weight excluding hydrogens is 276 g/mol. The molecule has 4 heteroatoms. The van der Waals surface area contributed by atoms with Gasteiger partial charge in [0.15, 0.2) is 0 Å². The smallest absolute Gasteiger partial charge is 0.224 e. The summed E-state index contributed by atoms with van der Waals surface area (Å²) in [5, 5.41) is 9.33. The number of hydrogen-bond donors (Lipinski definition) is 1. The van der Waals surface area contributed by atoms with Crippen LogP contribution in [-0.2, 0) is 4.79 Å². The van der Waals surface area contributed by atoms with Crippen molar-refractivity contribution in [3.05, 3.63) is 35.9 Å². The first-order valence-corrected chi connectivity index (χ1v) is 8.29. The van der Waals surface area contributed by atoms with Crippen molar-refractivity contribution in [2.45, 2.75) is 44.7 Å². The van der Waals surface area contributed by atoms with E-state index in [2.05, 4.69) is 24.0 Å². The Bertz CT molecular complexity index is 463. The first kappa shape index (κ1) is 17.0. The standard InChI is InChI=1S/C18H28N2O2/c1-15-7-6-12-20(15)18(22)10-13-19(2)17(11-14-21)16-8-4-3-5-9-16/h3-5,8-9,15,17,21H,6-7,10-14H2,1-2H3. The second kappa shape index (κ2) is 8.30. The molecule has 0 aromatic heterocycles. The molecule has 1 aromatic rings. The zero-order chi connectivity index (χ0) is 15.9. The minimum Gasteiger partial charge on any atom is -0.396 e. The van der Waals surface area contributed by atoms with Crippen molar-refractivity contribution in [1.29, 1.82) is 0 Å². The molecule has 22 heavy (non-hydrogen) atoms. The first-order valence-electron chi connectivity index (χ1n) is 8.29. The number of carbonyl (C=O) groups excluding carboxylic acids is 1. The molecule has 1 amide bonds. The van der Waals surface area contributed by atoms with Crippen molar-refractivity contribution in [1.82, 2.24) is 9.80 Å². The molecule has 0 bridgehead atoms. The predicted octanol–water partition coefficient (Wildman–Crippen LogP) is 2.44. The molecule has 1 saturated heterocycles. The van der Waals surface area contributed by atoms with E-state index in [0.29, 0.717) is 18.9 Å². The summed E-state index contributed by atoms with van der Waals surface area (Å²) in [6, 6.07) is 10.8. The molecule has 1 aromatic carbocycles. The average Bonchev–Trinajstić information content (AvgIpc) is 2.97. The number of nitrogens with zero attached hydrogens (tertiary/aromatic N) is 2. The molecule has 2 unspecified atom stereocenters. The Labute approximate surface area is 133 Å². The lowest BCUT2D eigenvalue weighted by molar-refractivity contribution is -0.132.